The van der Waals surface area contributed by atoms with Crippen LogP contribution in [-0.2, 0) is 4.79 Å². The molecule has 1 amide bonds. The lowest BCUT2D eigenvalue weighted by Crippen LogP contribution is -2.30. The first-order valence-corrected chi connectivity index (χ1v) is 11.2. The summed E-state index contributed by atoms with van der Waals surface area (Å²) in [4.78, 5) is 13.3. The van der Waals surface area contributed by atoms with Crippen molar-refractivity contribution in [3.8, 4) is 6.07 Å². The molecule has 0 saturated carbocycles. The molecule has 0 radical (unpaired) electrons. The number of nitrogens with zero attached hydrogens (tertiary/aromatic N) is 1. The Balaban J connectivity index is 1.98. The second-order valence-corrected chi connectivity index (χ2v) is 8.70. The molecule has 30 heavy (non-hydrogen) atoms. The maximum atomic E-state index is 13.3. The van der Waals surface area contributed by atoms with Crippen LogP contribution in [0.15, 0.2) is 62.9 Å². The van der Waals surface area contributed by atoms with E-state index in [4.69, 9.17) is 27.6 Å². The zero-order chi connectivity index (χ0) is 21.7. The summed E-state index contributed by atoms with van der Waals surface area (Å²) in [6, 6.07) is 10.7. The van der Waals surface area contributed by atoms with Gasteiger partial charge in [0.1, 0.15) is 5.76 Å². The SMILES string of the molecule is CCCCSC1=C(C#N)C(c2ccco2)C(C(=O)Nc2ccc(Cl)cc2Cl)=C(C)N1. The van der Waals surface area contributed by atoms with Gasteiger partial charge in [-0.05, 0) is 49.4 Å². The third-order valence-electron chi connectivity index (χ3n) is 4.64. The van der Waals surface area contributed by atoms with Gasteiger partial charge in [-0.25, -0.2) is 0 Å². The summed E-state index contributed by atoms with van der Waals surface area (Å²) in [6.45, 7) is 3.94. The number of dihydropyridines is 1. The number of halogens is 2. The van der Waals surface area contributed by atoms with E-state index in [9.17, 15) is 10.1 Å². The van der Waals surface area contributed by atoms with Crippen LogP contribution in [0, 0.1) is 11.3 Å². The van der Waals surface area contributed by atoms with Crippen LogP contribution in [0.1, 0.15) is 38.4 Å². The van der Waals surface area contributed by atoms with Crippen molar-refractivity contribution in [1.29, 1.82) is 5.26 Å². The van der Waals surface area contributed by atoms with Gasteiger partial charge in [-0.15, -0.1) is 11.8 Å². The Labute approximate surface area is 190 Å². The average molecular weight is 462 g/mol. The zero-order valence-electron chi connectivity index (χ0n) is 16.6. The molecule has 1 unspecified atom stereocenters. The number of amides is 1. The minimum absolute atomic E-state index is 0.333. The number of thioether (sulfide) groups is 1. The van der Waals surface area contributed by atoms with Crippen LogP contribution in [0.2, 0.25) is 10.0 Å². The number of benzene rings is 1. The number of allylic oxidation sites excluding steroid dienone is 2. The lowest BCUT2D eigenvalue weighted by Gasteiger charge is -2.28. The highest BCUT2D eigenvalue weighted by Crippen LogP contribution is 2.41. The van der Waals surface area contributed by atoms with Crippen molar-refractivity contribution in [3.63, 3.8) is 0 Å². The molecule has 2 heterocycles. The fourth-order valence-electron chi connectivity index (χ4n) is 3.17. The highest BCUT2D eigenvalue weighted by Gasteiger charge is 2.36. The number of unbranched alkanes of at least 4 members (excludes halogenated alkanes) is 1. The fraction of sp³-hybridized carbons (Fsp3) is 0.273. The van der Waals surface area contributed by atoms with Crippen LogP contribution in [0.3, 0.4) is 0 Å². The summed E-state index contributed by atoms with van der Waals surface area (Å²) in [6.07, 6.45) is 3.64. The molecule has 1 aromatic carbocycles. The summed E-state index contributed by atoms with van der Waals surface area (Å²) in [5.74, 6) is 0.440. The molecule has 1 atom stereocenters. The van der Waals surface area contributed by atoms with E-state index >= 15 is 0 Å². The Kier molecular flexibility index (Phi) is 7.54. The molecule has 0 fully saturated rings. The maximum Gasteiger partial charge on any atom is 0.254 e. The summed E-state index contributed by atoms with van der Waals surface area (Å²) >= 11 is 13.8. The first-order valence-electron chi connectivity index (χ1n) is 9.50. The van der Waals surface area contributed by atoms with Gasteiger partial charge in [0.05, 0.1) is 45.1 Å². The first-order chi connectivity index (χ1) is 14.5. The molecule has 0 bridgehead atoms. The van der Waals surface area contributed by atoms with Crippen molar-refractivity contribution in [2.24, 2.45) is 0 Å². The van der Waals surface area contributed by atoms with Gasteiger partial charge in [0.15, 0.2) is 0 Å². The van der Waals surface area contributed by atoms with E-state index < -0.39 is 5.92 Å². The summed E-state index contributed by atoms with van der Waals surface area (Å²) < 4.78 is 5.62. The summed E-state index contributed by atoms with van der Waals surface area (Å²) in [7, 11) is 0. The minimum Gasteiger partial charge on any atom is -0.468 e. The van der Waals surface area contributed by atoms with Gasteiger partial charge < -0.3 is 15.1 Å². The quantitative estimate of drug-likeness (QED) is 0.462. The van der Waals surface area contributed by atoms with Gasteiger partial charge in [0.2, 0.25) is 0 Å². The molecule has 1 aliphatic heterocycles. The molecular weight excluding hydrogens is 441 g/mol. The molecule has 3 rings (SSSR count). The predicted molar refractivity (Wildman–Crippen MR) is 122 cm³/mol. The summed E-state index contributed by atoms with van der Waals surface area (Å²) in [5.41, 5.74) is 1.98. The first kappa shape index (κ1) is 22.4. The van der Waals surface area contributed by atoms with Gasteiger partial charge >= 0.3 is 0 Å². The Morgan fingerprint density at radius 2 is 2.17 bits per heavy atom. The second kappa shape index (κ2) is 10.1. The number of hydrogen-bond donors (Lipinski definition) is 2. The van der Waals surface area contributed by atoms with Crippen molar-refractivity contribution in [1.82, 2.24) is 5.32 Å². The van der Waals surface area contributed by atoms with Crippen molar-refractivity contribution < 1.29 is 9.21 Å². The van der Waals surface area contributed by atoms with Gasteiger partial charge in [-0.1, -0.05) is 36.5 Å². The normalized spacial score (nSPS) is 16.3. The minimum atomic E-state index is -0.610. The van der Waals surface area contributed by atoms with E-state index in [0.29, 0.717) is 38.3 Å². The van der Waals surface area contributed by atoms with Crippen molar-refractivity contribution in [2.45, 2.75) is 32.6 Å². The molecule has 5 nitrogen and oxygen atoms in total. The molecule has 1 aromatic heterocycles. The van der Waals surface area contributed by atoms with Crippen LogP contribution in [-0.4, -0.2) is 11.7 Å². The van der Waals surface area contributed by atoms with Gasteiger partial charge in [0.25, 0.3) is 5.91 Å². The Morgan fingerprint density at radius 1 is 1.37 bits per heavy atom. The molecule has 1 aliphatic rings. The van der Waals surface area contributed by atoms with Crippen molar-refractivity contribution in [2.75, 3.05) is 11.1 Å². The molecular formula is C22H21Cl2N3O2S. The largest absolute Gasteiger partial charge is 0.468 e. The highest BCUT2D eigenvalue weighted by molar-refractivity contribution is 8.03. The Hall–Kier alpha value is -2.33. The van der Waals surface area contributed by atoms with E-state index in [1.807, 2.05) is 6.92 Å². The van der Waals surface area contributed by atoms with E-state index in [1.165, 1.54) is 6.26 Å². The third kappa shape index (κ3) is 4.86. The summed E-state index contributed by atoms with van der Waals surface area (Å²) in [5, 5.41) is 17.6. The van der Waals surface area contributed by atoms with Gasteiger partial charge in [0, 0.05) is 10.7 Å². The average Bonchev–Trinajstić information content (AvgIpc) is 3.24. The molecule has 8 heteroatoms. The highest BCUT2D eigenvalue weighted by atomic mass is 35.5. The number of furan rings is 1. The van der Waals surface area contributed by atoms with Crippen molar-refractivity contribution >= 4 is 46.6 Å². The van der Waals surface area contributed by atoms with Crippen LogP contribution in [0.25, 0.3) is 0 Å². The number of hydrogen-bond acceptors (Lipinski definition) is 5. The van der Waals surface area contributed by atoms with Crippen LogP contribution >= 0.6 is 35.0 Å². The van der Waals surface area contributed by atoms with E-state index in [2.05, 4.69) is 23.6 Å². The Bertz CT molecular complexity index is 1040. The topological polar surface area (TPSA) is 78.1 Å². The maximum absolute atomic E-state index is 13.3. The van der Waals surface area contributed by atoms with E-state index in [0.717, 1.165) is 23.6 Å². The Morgan fingerprint density at radius 3 is 2.80 bits per heavy atom. The molecule has 2 aromatic rings. The lowest BCUT2D eigenvalue weighted by molar-refractivity contribution is -0.113. The number of carbonyl (C=O) groups is 1. The van der Waals surface area contributed by atoms with Crippen LogP contribution < -0.4 is 10.6 Å². The standard InChI is InChI=1S/C22H21Cl2N3O2S/c1-3-4-10-30-22-15(12-25)20(18-6-5-9-29-18)19(13(2)26-22)21(28)27-17-8-7-14(23)11-16(17)24/h5-9,11,20,26H,3-4,10H2,1-2H3,(H,27,28). The monoisotopic (exact) mass is 461 g/mol. The molecule has 0 aliphatic carbocycles. The van der Waals surface area contributed by atoms with Crippen LogP contribution in [0.4, 0.5) is 5.69 Å². The predicted octanol–water partition coefficient (Wildman–Crippen LogP) is 6.45. The smallest absolute Gasteiger partial charge is 0.254 e. The lowest BCUT2D eigenvalue weighted by atomic mass is 9.85. The van der Waals surface area contributed by atoms with Gasteiger partial charge in [-0.2, -0.15) is 5.26 Å². The molecule has 156 valence electrons. The second-order valence-electron chi connectivity index (χ2n) is 6.75. The number of carbonyl (C=O) groups excluding carboxylic acids is 1. The number of nitrogens with one attached hydrogen (secondary N) is 2. The van der Waals surface area contributed by atoms with E-state index in [-0.39, 0.29) is 5.91 Å². The van der Waals surface area contributed by atoms with Crippen LogP contribution in [0.5, 0.6) is 0 Å². The molecule has 2 N–H and O–H groups in total. The van der Waals surface area contributed by atoms with E-state index in [1.54, 1.807) is 42.1 Å². The fourth-order valence-corrected chi connectivity index (χ4v) is 4.80. The molecule has 0 saturated heterocycles. The van der Waals surface area contributed by atoms with Crippen molar-refractivity contribution in [3.05, 3.63) is 74.3 Å². The third-order valence-corrected chi connectivity index (χ3v) is 6.29. The zero-order valence-corrected chi connectivity index (χ0v) is 18.9. The number of nitriles is 1. The number of anilines is 1. The van der Waals surface area contributed by atoms with Gasteiger partial charge in [-0.3, -0.25) is 4.79 Å². The number of rotatable bonds is 7. The molecule has 0 spiro atoms.